The number of aromatic nitrogens is 2. The number of hydrogen-bond acceptors (Lipinski definition) is 5. The van der Waals surface area contributed by atoms with Crippen LogP contribution in [-0.4, -0.2) is 35.6 Å². The van der Waals surface area contributed by atoms with Crippen molar-refractivity contribution in [2.75, 3.05) is 23.8 Å². The molecular weight excluding hydrogens is 226 g/mol. The maximum Gasteiger partial charge on any atom is 0.134 e. The second kappa shape index (κ2) is 5.52. The van der Waals surface area contributed by atoms with E-state index < -0.39 is 0 Å². The minimum absolute atomic E-state index is 0.119. The lowest BCUT2D eigenvalue weighted by atomic mass is 9.92. The molecule has 0 aromatic carbocycles. The Morgan fingerprint density at radius 1 is 1.50 bits per heavy atom. The SMILES string of the molecule is Cc1nc(NCC(C)N)cc(N(C)C2CCC2)n1. The molecule has 5 nitrogen and oxygen atoms in total. The van der Waals surface area contributed by atoms with Crippen LogP contribution in [0.1, 0.15) is 32.0 Å². The van der Waals surface area contributed by atoms with Gasteiger partial charge < -0.3 is 16.0 Å². The summed E-state index contributed by atoms with van der Waals surface area (Å²) >= 11 is 0. The van der Waals surface area contributed by atoms with Crippen molar-refractivity contribution in [2.45, 2.75) is 45.2 Å². The number of rotatable bonds is 5. The molecule has 0 saturated heterocycles. The molecule has 1 saturated carbocycles. The van der Waals surface area contributed by atoms with Crippen LogP contribution in [0.4, 0.5) is 11.6 Å². The second-order valence-electron chi connectivity index (χ2n) is 5.21. The lowest BCUT2D eigenvalue weighted by Gasteiger charge is -2.35. The zero-order valence-corrected chi connectivity index (χ0v) is 11.5. The molecule has 0 aliphatic heterocycles. The molecule has 1 fully saturated rings. The van der Waals surface area contributed by atoms with Crippen LogP contribution in [0.2, 0.25) is 0 Å². The van der Waals surface area contributed by atoms with Gasteiger partial charge in [-0.25, -0.2) is 9.97 Å². The van der Waals surface area contributed by atoms with Gasteiger partial charge in [0.15, 0.2) is 0 Å². The average Bonchev–Trinajstić information content (AvgIpc) is 2.23. The lowest BCUT2D eigenvalue weighted by molar-refractivity contribution is 0.399. The van der Waals surface area contributed by atoms with Gasteiger partial charge in [0.1, 0.15) is 17.5 Å². The molecule has 1 aliphatic rings. The summed E-state index contributed by atoms with van der Waals surface area (Å²) in [6.07, 6.45) is 3.86. The Morgan fingerprint density at radius 3 is 2.78 bits per heavy atom. The Morgan fingerprint density at radius 2 is 2.22 bits per heavy atom. The van der Waals surface area contributed by atoms with Crippen molar-refractivity contribution in [3.8, 4) is 0 Å². The summed E-state index contributed by atoms with van der Waals surface area (Å²) in [5.74, 6) is 2.66. The minimum Gasteiger partial charge on any atom is -0.368 e. The molecule has 0 bridgehead atoms. The van der Waals surface area contributed by atoms with Gasteiger partial charge in [-0.15, -0.1) is 0 Å². The lowest BCUT2D eigenvalue weighted by Crippen LogP contribution is -2.37. The molecule has 100 valence electrons. The van der Waals surface area contributed by atoms with Crippen LogP contribution in [0.3, 0.4) is 0 Å². The van der Waals surface area contributed by atoms with Crippen molar-refractivity contribution in [1.82, 2.24) is 9.97 Å². The van der Waals surface area contributed by atoms with E-state index in [1.807, 2.05) is 19.9 Å². The summed E-state index contributed by atoms with van der Waals surface area (Å²) < 4.78 is 0. The molecule has 0 radical (unpaired) electrons. The van der Waals surface area contributed by atoms with Gasteiger partial charge in [0.2, 0.25) is 0 Å². The number of hydrogen-bond donors (Lipinski definition) is 2. The van der Waals surface area contributed by atoms with Crippen LogP contribution in [0.5, 0.6) is 0 Å². The van der Waals surface area contributed by atoms with Gasteiger partial charge >= 0.3 is 0 Å². The second-order valence-corrected chi connectivity index (χ2v) is 5.21. The van der Waals surface area contributed by atoms with E-state index in [1.54, 1.807) is 0 Å². The summed E-state index contributed by atoms with van der Waals surface area (Å²) in [5, 5.41) is 3.25. The highest BCUT2D eigenvalue weighted by atomic mass is 15.2. The standard InChI is InChI=1S/C13H23N5/c1-9(14)8-15-12-7-13(17-10(2)16-12)18(3)11-5-4-6-11/h7,9,11H,4-6,8,14H2,1-3H3,(H,15,16,17). The fraction of sp³-hybridized carbons (Fsp3) is 0.692. The summed E-state index contributed by atoms with van der Waals surface area (Å²) in [7, 11) is 2.11. The number of aryl methyl sites for hydroxylation is 1. The maximum absolute atomic E-state index is 5.74. The Labute approximate surface area is 109 Å². The van der Waals surface area contributed by atoms with E-state index in [4.69, 9.17) is 5.73 Å². The highest BCUT2D eigenvalue weighted by Crippen LogP contribution is 2.27. The minimum atomic E-state index is 0.119. The molecule has 2 rings (SSSR count). The van der Waals surface area contributed by atoms with E-state index in [9.17, 15) is 0 Å². The first kappa shape index (κ1) is 13.1. The first-order chi connectivity index (χ1) is 8.56. The van der Waals surface area contributed by atoms with Gasteiger partial charge in [-0.05, 0) is 33.1 Å². The smallest absolute Gasteiger partial charge is 0.134 e. The van der Waals surface area contributed by atoms with Crippen molar-refractivity contribution < 1.29 is 0 Å². The molecule has 1 aliphatic carbocycles. The zero-order valence-electron chi connectivity index (χ0n) is 11.5. The third-order valence-electron chi connectivity index (χ3n) is 3.41. The molecule has 1 aromatic heterocycles. The zero-order chi connectivity index (χ0) is 13.1. The van der Waals surface area contributed by atoms with Crippen LogP contribution in [0.25, 0.3) is 0 Å². The summed E-state index contributed by atoms with van der Waals surface area (Å²) in [6, 6.07) is 2.77. The fourth-order valence-electron chi connectivity index (χ4n) is 2.05. The average molecular weight is 249 g/mol. The Bertz CT molecular complexity index is 400. The van der Waals surface area contributed by atoms with Gasteiger partial charge in [-0.2, -0.15) is 0 Å². The summed E-state index contributed by atoms with van der Waals surface area (Å²) in [6.45, 7) is 4.63. The van der Waals surface area contributed by atoms with Crippen molar-refractivity contribution in [3.05, 3.63) is 11.9 Å². The normalized spacial score (nSPS) is 17.1. The fourth-order valence-corrected chi connectivity index (χ4v) is 2.05. The highest BCUT2D eigenvalue weighted by Gasteiger charge is 2.23. The Hall–Kier alpha value is -1.36. The van der Waals surface area contributed by atoms with Crippen molar-refractivity contribution in [1.29, 1.82) is 0 Å². The highest BCUT2D eigenvalue weighted by molar-refractivity contribution is 5.50. The predicted molar refractivity (Wildman–Crippen MR) is 75.0 cm³/mol. The van der Waals surface area contributed by atoms with Gasteiger partial charge in [-0.3, -0.25) is 0 Å². The van der Waals surface area contributed by atoms with Crippen molar-refractivity contribution in [3.63, 3.8) is 0 Å². The van der Waals surface area contributed by atoms with Gasteiger partial charge in [-0.1, -0.05) is 0 Å². The molecular formula is C13H23N5. The molecule has 1 atom stereocenters. The first-order valence-electron chi connectivity index (χ1n) is 6.64. The van der Waals surface area contributed by atoms with Gasteiger partial charge in [0.25, 0.3) is 0 Å². The third-order valence-corrected chi connectivity index (χ3v) is 3.41. The van der Waals surface area contributed by atoms with Crippen LogP contribution >= 0.6 is 0 Å². The van der Waals surface area contributed by atoms with E-state index >= 15 is 0 Å². The Balaban J connectivity index is 2.09. The molecule has 0 amide bonds. The van der Waals surface area contributed by atoms with E-state index in [0.29, 0.717) is 6.04 Å². The molecule has 1 heterocycles. The van der Waals surface area contributed by atoms with E-state index in [0.717, 1.165) is 24.0 Å². The topological polar surface area (TPSA) is 67.1 Å². The van der Waals surface area contributed by atoms with Crippen molar-refractivity contribution in [2.24, 2.45) is 5.73 Å². The molecule has 0 spiro atoms. The van der Waals surface area contributed by atoms with Crippen LogP contribution in [-0.2, 0) is 0 Å². The summed E-state index contributed by atoms with van der Waals surface area (Å²) in [4.78, 5) is 11.2. The van der Waals surface area contributed by atoms with Crippen molar-refractivity contribution >= 4 is 11.6 Å². The largest absolute Gasteiger partial charge is 0.368 e. The Kier molecular flexibility index (Phi) is 4.01. The van der Waals surface area contributed by atoms with Gasteiger partial charge in [0.05, 0.1) is 0 Å². The molecule has 1 aromatic rings. The number of anilines is 2. The quantitative estimate of drug-likeness (QED) is 0.828. The first-order valence-corrected chi connectivity index (χ1v) is 6.64. The van der Waals surface area contributed by atoms with E-state index in [2.05, 4.69) is 27.2 Å². The third kappa shape index (κ3) is 3.10. The van der Waals surface area contributed by atoms with Crippen LogP contribution in [0.15, 0.2) is 6.07 Å². The van der Waals surface area contributed by atoms with Crippen LogP contribution < -0.4 is 16.0 Å². The monoisotopic (exact) mass is 249 g/mol. The number of nitrogens with two attached hydrogens (primary N) is 1. The van der Waals surface area contributed by atoms with E-state index in [1.165, 1.54) is 19.3 Å². The predicted octanol–water partition coefficient (Wildman–Crippen LogP) is 1.53. The maximum atomic E-state index is 5.74. The van der Waals surface area contributed by atoms with Gasteiger partial charge in [0, 0.05) is 31.7 Å². The molecule has 1 unspecified atom stereocenters. The molecule has 5 heteroatoms. The summed E-state index contributed by atoms with van der Waals surface area (Å²) in [5.41, 5.74) is 5.74. The number of nitrogens with one attached hydrogen (secondary N) is 1. The van der Waals surface area contributed by atoms with E-state index in [-0.39, 0.29) is 6.04 Å². The molecule has 18 heavy (non-hydrogen) atoms. The van der Waals surface area contributed by atoms with Crippen LogP contribution in [0, 0.1) is 6.92 Å². The number of nitrogens with zero attached hydrogens (tertiary/aromatic N) is 3. The molecule has 3 N–H and O–H groups in total.